The number of rotatable bonds is 4. The van der Waals surface area contributed by atoms with Gasteiger partial charge in [-0.1, -0.05) is 0 Å². The minimum atomic E-state index is -0.741. The Balaban J connectivity index is 1.98. The molecule has 0 aliphatic rings. The SMILES string of the molecule is O=C(NCC(O)c1ccsc1)c1ccc(F)cc1Br. The smallest absolute Gasteiger partial charge is 0.252 e. The van der Waals surface area contributed by atoms with E-state index >= 15 is 0 Å². The summed E-state index contributed by atoms with van der Waals surface area (Å²) >= 11 is 4.61. The standard InChI is InChI=1S/C13H11BrFNO2S/c14-11-5-9(15)1-2-10(11)13(18)16-6-12(17)8-3-4-19-7-8/h1-5,7,12,17H,6H2,(H,16,18). The maximum atomic E-state index is 12.9. The summed E-state index contributed by atoms with van der Waals surface area (Å²) in [7, 11) is 0. The van der Waals surface area contributed by atoms with Crippen molar-refractivity contribution in [3.63, 3.8) is 0 Å². The van der Waals surface area contributed by atoms with E-state index in [1.165, 1.54) is 29.5 Å². The second-order valence-electron chi connectivity index (χ2n) is 3.91. The molecule has 0 saturated carbocycles. The minimum absolute atomic E-state index is 0.110. The molecule has 100 valence electrons. The topological polar surface area (TPSA) is 49.3 Å². The van der Waals surface area contributed by atoms with E-state index in [1.54, 1.807) is 6.07 Å². The number of benzene rings is 1. The molecule has 0 saturated heterocycles. The molecule has 3 nitrogen and oxygen atoms in total. The molecular weight excluding hydrogens is 333 g/mol. The van der Waals surface area contributed by atoms with Crippen molar-refractivity contribution >= 4 is 33.2 Å². The molecule has 0 spiro atoms. The fourth-order valence-corrected chi connectivity index (χ4v) is 2.78. The van der Waals surface area contributed by atoms with Crippen molar-refractivity contribution in [1.82, 2.24) is 5.32 Å². The van der Waals surface area contributed by atoms with E-state index in [4.69, 9.17) is 0 Å². The number of carbonyl (C=O) groups is 1. The van der Waals surface area contributed by atoms with E-state index in [-0.39, 0.29) is 12.5 Å². The Labute approximate surface area is 122 Å². The summed E-state index contributed by atoms with van der Waals surface area (Å²) < 4.78 is 13.3. The van der Waals surface area contributed by atoms with Crippen LogP contribution in [0, 0.1) is 5.82 Å². The van der Waals surface area contributed by atoms with Crippen LogP contribution in [0.25, 0.3) is 0 Å². The van der Waals surface area contributed by atoms with Crippen molar-refractivity contribution < 1.29 is 14.3 Å². The average molecular weight is 344 g/mol. The van der Waals surface area contributed by atoms with Gasteiger partial charge in [-0.3, -0.25) is 4.79 Å². The number of aliphatic hydroxyl groups is 1. The molecule has 1 aromatic carbocycles. The lowest BCUT2D eigenvalue weighted by Gasteiger charge is -2.11. The van der Waals surface area contributed by atoms with Gasteiger partial charge in [0.2, 0.25) is 0 Å². The molecule has 1 heterocycles. The third kappa shape index (κ3) is 3.62. The fourth-order valence-electron chi connectivity index (χ4n) is 1.54. The van der Waals surface area contributed by atoms with Crippen molar-refractivity contribution in [3.05, 3.63) is 56.4 Å². The molecule has 2 aromatic rings. The summed E-state index contributed by atoms with van der Waals surface area (Å²) in [6.07, 6.45) is -0.741. The second-order valence-corrected chi connectivity index (χ2v) is 5.54. The average Bonchev–Trinajstić information content (AvgIpc) is 2.89. The van der Waals surface area contributed by atoms with Gasteiger partial charge < -0.3 is 10.4 Å². The van der Waals surface area contributed by atoms with Crippen LogP contribution in [-0.2, 0) is 0 Å². The summed E-state index contributed by atoms with van der Waals surface area (Å²) in [5.74, 6) is -0.775. The molecule has 0 bridgehead atoms. The maximum absolute atomic E-state index is 12.9. The first kappa shape index (κ1) is 14.2. The Morgan fingerprint density at radius 2 is 2.26 bits per heavy atom. The zero-order valence-corrected chi connectivity index (χ0v) is 12.2. The van der Waals surface area contributed by atoms with Crippen molar-refractivity contribution in [1.29, 1.82) is 0 Å². The maximum Gasteiger partial charge on any atom is 0.252 e. The van der Waals surface area contributed by atoms with Crippen LogP contribution in [0.1, 0.15) is 22.0 Å². The number of nitrogens with one attached hydrogen (secondary N) is 1. The van der Waals surface area contributed by atoms with Crippen molar-refractivity contribution in [3.8, 4) is 0 Å². The molecule has 2 N–H and O–H groups in total. The molecule has 1 amide bonds. The lowest BCUT2D eigenvalue weighted by molar-refractivity contribution is 0.0915. The van der Waals surface area contributed by atoms with E-state index in [2.05, 4.69) is 21.2 Å². The van der Waals surface area contributed by atoms with E-state index in [1.807, 2.05) is 10.8 Å². The Hall–Kier alpha value is -1.24. The van der Waals surface area contributed by atoms with Gasteiger partial charge >= 0.3 is 0 Å². The van der Waals surface area contributed by atoms with Crippen molar-refractivity contribution in [2.75, 3.05) is 6.54 Å². The van der Waals surface area contributed by atoms with Crippen LogP contribution in [0.15, 0.2) is 39.5 Å². The molecule has 6 heteroatoms. The fraction of sp³-hybridized carbons (Fsp3) is 0.154. The van der Waals surface area contributed by atoms with Gasteiger partial charge in [0.1, 0.15) is 5.82 Å². The molecule has 0 fully saturated rings. The molecular formula is C13H11BrFNO2S. The highest BCUT2D eigenvalue weighted by Gasteiger charge is 2.13. The van der Waals surface area contributed by atoms with Crippen LogP contribution in [0.3, 0.4) is 0 Å². The third-order valence-corrected chi connectivity index (χ3v) is 3.92. The normalized spacial score (nSPS) is 12.2. The number of hydrogen-bond donors (Lipinski definition) is 2. The lowest BCUT2D eigenvalue weighted by atomic mass is 10.2. The van der Waals surface area contributed by atoms with E-state index < -0.39 is 11.9 Å². The van der Waals surface area contributed by atoms with Gasteiger partial charge in [-0.25, -0.2) is 4.39 Å². The number of hydrogen-bond acceptors (Lipinski definition) is 3. The van der Waals surface area contributed by atoms with Gasteiger partial charge in [0.25, 0.3) is 5.91 Å². The summed E-state index contributed by atoms with van der Waals surface area (Å²) in [5.41, 5.74) is 1.10. The highest BCUT2D eigenvalue weighted by atomic mass is 79.9. The highest BCUT2D eigenvalue weighted by molar-refractivity contribution is 9.10. The Morgan fingerprint density at radius 3 is 2.89 bits per heavy atom. The van der Waals surface area contributed by atoms with Gasteiger partial charge in [-0.15, -0.1) is 0 Å². The van der Waals surface area contributed by atoms with E-state index in [9.17, 15) is 14.3 Å². The van der Waals surface area contributed by atoms with Crippen LogP contribution in [-0.4, -0.2) is 17.6 Å². The zero-order valence-electron chi connectivity index (χ0n) is 9.77. The first-order valence-electron chi connectivity index (χ1n) is 5.51. The first-order valence-corrected chi connectivity index (χ1v) is 7.25. The molecule has 0 aliphatic heterocycles. The molecule has 2 rings (SSSR count). The Kier molecular flexibility index (Phi) is 4.68. The van der Waals surface area contributed by atoms with Crippen LogP contribution >= 0.6 is 27.3 Å². The molecule has 1 atom stereocenters. The Morgan fingerprint density at radius 1 is 1.47 bits per heavy atom. The zero-order chi connectivity index (χ0) is 13.8. The molecule has 0 aliphatic carbocycles. The lowest BCUT2D eigenvalue weighted by Crippen LogP contribution is -2.28. The number of halogens is 2. The minimum Gasteiger partial charge on any atom is -0.387 e. The van der Waals surface area contributed by atoms with Crippen LogP contribution in [0.4, 0.5) is 4.39 Å². The van der Waals surface area contributed by atoms with Gasteiger partial charge in [0.05, 0.1) is 11.7 Å². The number of aliphatic hydroxyl groups excluding tert-OH is 1. The Bertz CT molecular complexity index is 574. The predicted molar refractivity (Wildman–Crippen MR) is 75.7 cm³/mol. The van der Waals surface area contributed by atoms with Gasteiger partial charge in [0, 0.05) is 11.0 Å². The summed E-state index contributed by atoms with van der Waals surface area (Å²) in [5, 5.41) is 16.1. The van der Waals surface area contributed by atoms with E-state index in [0.717, 1.165) is 5.56 Å². The monoisotopic (exact) mass is 343 g/mol. The summed E-state index contributed by atoms with van der Waals surface area (Å²) in [6.45, 7) is 0.110. The molecule has 0 radical (unpaired) electrons. The highest BCUT2D eigenvalue weighted by Crippen LogP contribution is 2.19. The van der Waals surface area contributed by atoms with Gasteiger partial charge in [-0.2, -0.15) is 11.3 Å². The second kappa shape index (κ2) is 6.27. The number of amides is 1. The van der Waals surface area contributed by atoms with E-state index in [0.29, 0.717) is 10.0 Å². The quantitative estimate of drug-likeness (QED) is 0.895. The number of thiophene rings is 1. The van der Waals surface area contributed by atoms with Gasteiger partial charge in [0.15, 0.2) is 0 Å². The molecule has 19 heavy (non-hydrogen) atoms. The third-order valence-electron chi connectivity index (χ3n) is 2.56. The summed E-state index contributed by atoms with van der Waals surface area (Å²) in [4.78, 5) is 11.9. The summed E-state index contributed by atoms with van der Waals surface area (Å²) in [6, 6.07) is 5.64. The van der Waals surface area contributed by atoms with Crippen molar-refractivity contribution in [2.24, 2.45) is 0 Å². The van der Waals surface area contributed by atoms with Crippen molar-refractivity contribution in [2.45, 2.75) is 6.10 Å². The molecule has 1 aromatic heterocycles. The first-order chi connectivity index (χ1) is 9.08. The molecule has 1 unspecified atom stereocenters. The number of carbonyl (C=O) groups excluding carboxylic acids is 1. The largest absolute Gasteiger partial charge is 0.387 e. The van der Waals surface area contributed by atoms with Crippen LogP contribution < -0.4 is 5.32 Å². The van der Waals surface area contributed by atoms with Crippen LogP contribution in [0.5, 0.6) is 0 Å². The van der Waals surface area contributed by atoms with Crippen LogP contribution in [0.2, 0.25) is 0 Å². The van der Waals surface area contributed by atoms with Gasteiger partial charge in [-0.05, 0) is 56.5 Å². The predicted octanol–water partition coefficient (Wildman–Crippen LogP) is 3.11.